The molecule has 0 unspecified atom stereocenters. The molecule has 12 atom stereocenters. The minimum Gasteiger partial charge on any atom is -0.369 e. The van der Waals surface area contributed by atoms with Crippen LogP contribution in [-0.2, 0) is 4.74 Å². The Labute approximate surface area is 179 Å². The number of hydrogen-bond donors (Lipinski definition) is 1. The Kier molecular flexibility index (Phi) is 4.53. The lowest BCUT2D eigenvalue weighted by molar-refractivity contribution is -0.143. The van der Waals surface area contributed by atoms with E-state index in [2.05, 4.69) is 33.0 Å². The normalized spacial score (nSPS) is 61.7. The van der Waals surface area contributed by atoms with Crippen molar-refractivity contribution in [3.05, 3.63) is 0 Å². The van der Waals surface area contributed by atoms with Crippen LogP contribution in [0.25, 0.3) is 0 Å². The Hall–Kier alpha value is -0.0800. The predicted octanol–water partition coefficient (Wildman–Crippen LogP) is 6.05. The van der Waals surface area contributed by atoms with Gasteiger partial charge >= 0.3 is 0 Å². The standard InChI is InChI=1S/C27H45NO/c1-16-13-24-25(28-15-16)18(3)27(29-24)12-10-20-21-9-8-19-7-5-6-11-26(19,4)23(21)14-22(20)17(27)2/h16-25,28H,5-15H2,1-4H3/t16-,17+,18+,19+,20-,21-,22-,23-,24+,25-,26-,27-/m0/s1. The third kappa shape index (κ3) is 2.60. The molecular weight excluding hydrogens is 354 g/mol. The molecule has 4 saturated carbocycles. The molecule has 29 heavy (non-hydrogen) atoms. The lowest BCUT2D eigenvalue weighted by Gasteiger charge is -2.53. The molecule has 0 bridgehead atoms. The van der Waals surface area contributed by atoms with Crippen LogP contribution in [0.3, 0.4) is 0 Å². The molecule has 0 aromatic rings. The van der Waals surface area contributed by atoms with E-state index in [9.17, 15) is 0 Å². The third-order valence-corrected chi connectivity index (χ3v) is 12.0. The average Bonchev–Trinajstić information content (AvgIpc) is 3.22. The fourth-order valence-corrected chi connectivity index (χ4v) is 10.4. The van der Waals surface area contributed by atoms with Gasteiger partial charge in [-0.05, 0) is 105 Å². The third-order valence-electron chi connectivity index (χ3n) is 12.0. The van der Waals surface area contributed by atoms with Gasteiger partial charge in [0.15, 0.2) is 0 Å². The van der Waals surface area contributed by atoms with Gasteiger partial charge in [-0.2, -0.15) is 0 Å². The van der Waals surface area contributed by atoms with Gasteiger partial charge in [0.05, 0.1) is 11.7 Å². The Bertz CT molecular complexity index is 648. The summed E-state index contributed by atoms with van der Waals surface area (Å²) < 4.78 is 7.12. The van der Waals surface area contributed by atoms with E-state index in [0.717, 1.165) is 41.4 Å². The van der Waals surface area contributed by atoms with Gasteiger partial charge in [-0.3, -0.25) is 0 Å². The van der Waals surface area contributed by atoms with Gasteiger partial charge in [-0.1, -0.05) is 40.5 Å². The fraction of sp³-hybridized carbons (Fsp3) is 1.00. The monoisotopic (exact) mass is 399 g/mol. The summed E-state index contributed by atoms with van der Waals surface area (Å²) in [6.45, 7) is 11.5. The van der Waals surface area contributed by atoms with Gasteiger partial charge in [0.1, 0.15) is 0 Å². The molecule has 6 aliphatic rings. The molecule has 164 valence electrons. The first kappa shape index (κ1) is 19.6. The topological polar surface area (TPSA) is 21.3 Å². The first-order chi connectivity index (χ1) is 13.9. The molecule has 1 N–H and O–H groups in total. The second kappa shape index (κ2) is 6.71. The largest absolute Gasteiger partial charge is 0.369 e. The molecule has 0 aromatic carbocycles. The summed E-state index contributed by atoms with van der Waals surface area (Å²) in [5, 5.41) is 3.90. The van der Waals surface area contributed by atoms with E-state index in [1.165, 1.54) is 57.9 Å². The van der Waals surface area contributed by atoms with Crippen molar-refractivity contribution < 1.29 is 4.74 Å². The Balaban J connectivity index is 1.27. The minimum atomic E-state index is 0.161. The highest BCUT2D eigenvalue weighted by molar-refractivity contribution is 5.14. The highest BCUT2D eigenvalue weighted by Gasteiger charge is 2.64. The van der Waals surface area contributed by atoms with Crippen molar-refractivity contribution in [3.63, 3.8) is 0 Å². The molecule has 6 fully saturated rings. The van der Waals surface area contributed by atoms with E-state index < -0.39 is 0 Å². The number of ether oxygens (including phenoxy) is 1. The molecular formula is C27H45NO. The molecule has 0 aromatic heterocycles. The molecule has 2 heterocycles. The van der Waals surface area contributed by atoms with Gasteiger partial charge in [-0.25, -0.2) is 0 Å². The molecule has 2 heteroatoms. The van der Waals surface area contributed by atoms with Crippen LogP contribution in [0.1, 0.15) is 91.9 Å². The van der Waals surface area contributed by atoms with Crippen LogP contribution >= 0.6 is 0 Å². The zero-order valence-electron chi connectivity index (χ0n) is 19.5. The highest BCUT2D eigenvalue weighted by Crippen LogP contribution is 2.67. The van der Waals surface area contributed by atoms with Crippen LogP contribution in [0.15, 0.2) is 0 Å². The maximum Gasteiger partial charge on any atom is 0.0756 e. The molecule has 2 aliphatic heterocycles. The summed E-state index contributed by atoms with van der Waals surface area (Å²) in [5.41, 5.74) is 0.826. The zero-order valence-corrected chi connectivity index (χ0v) is 19.5. The lowest BCUT2D eigenvalue weighted by Crippen LogP contribution is -2.52. The lowest BCUT2D eigenvalue weighted by atomic mass is 9.52. The minimum absolute atomic E-state index is 0.161. The van der Waals surface area contributed by atoms with E-state index >= 15 is 0 Å². The van der Waals surface area contributed by atoms with Crippen LogP contribution in [-0.4, -0.2) is 24.3 Å². The molecule has 6 rings (SSSR count). The molecule has 0 radical (unpaired) electrons. The van der Waals surface area contributed by atoms with Crippen molar-refractivity contribution >= 4 is 0 Å². The van der Waals surface area contributed by atoms with E-state index in [1.807, 2.05) is 0 Å². The van der Waals surface area contributed by atoms with Gasteiger partial charge < -0.3 is 10.1 Å². The maximum absolute atomic E-state index is 7.12. The van der Waals surface area contributed by atoms with Crippen LogP contribution in [0.4, 0.5) is 0 Å². The van der Waals surface area contributed by atoms with Crippen LogP contribution in [0.2, 0.25) is 0 Å². The van der Waals surface area contributed by atoms with E-state index in [4.69, 9.17) is 4.74 Å². The number of fused-ring (bicyclic) bond motifs is 6. The summed E-state index contributed by atoms with van der Waals surface area (Å²) in [6.07, 6.45) is 15.2. The van der Waals surface area contributed by atoms with E-state index in [-0.39, 0.29) is 5.60 Å². The van der Waals surface area contributed by atoms with Crippen LogP contribution in [0.5, 0.6) is 0 Å². The second-order valence-electron chi connectivity index (χ2n) is 12.9. The first-order valence-electron chi connectivity index (χ1n) is 13.4. The molecule has 4 aliphatic carbocycles. The Morgan fingerprint density at radius 2 is 1.69 bits per heavy atom. The predicted molar refractivity (Wildman–Crippen MR) is 119 cm³/mol. The molecule has 0 amide bonds. The summed E-state index contributed by atoms with van der Waals surface area (Å²) in [6, 6.07) is 0.606. The van der Waals surface area contributed by atoms with Gasteiger partial charge in [0, 0.05) is 12.0 Å². The van der Waals surface area contributed by atoms with E-state index in [1.54, 1.807) is 12.8 Å². The Morgan fingerprint density at radius 3 is 2.55 bits per heavy atom. The van der Waals surface area contributed by atoms with Gasteiger partial charge in [0.2, 0.25) is 0 Å². The van der Waals surface area contributed by atoms with Crippen molar-refractivity contribution in [2.24, 2.45) is 52.8 Å². The first-order valence-corrected chi connectivity index (χ1v) is 13.4. The van der Waals surface area contributed by atoms with Crippen molar-refractivity contribution in [3.8, 4) is 0 Å². The van der Waals surface area contributed by atoms with Crippen molar-refractivity contribution in [1.29, 1.82) is 0 Å². The highest BCUT2D eigenvalue weighted by atomic mass is 16.5. The number of nitrogens with one attached hydrogen (secondary N) is 1. The Morgan fingerprint density at radius 1 is 0.828 bits per heavy atom. The van der Waals surface area contributed by atoms with Crippen molar-refractivity contribution in [1.82, 2.24) is 5.32 Å². The number of rotatable bonds is 0. The molecule has 2 saturated heterocycles. The summed E-state index contributed by atoms with van der Waals surface area (Å²) in [7, 11) is 0. The molecule has 1 spiro atoms. The SMILES string of the molecule is C[C@@H]1CN[C@H]2[C@@H](C)[C@@]3(CC[C@@H]4[C@@H](C[C@H]5[C@H]4CC[C@H]4CCCC[C@@]45C)[C@H]3C)O[C@@H]2C1. The maximum atomic E-state index is 7.12. The smallest absolute Gasteiger partial charge is 0.0756 e. The fourth-order valence-electron chi connectivity index (χ4n) is 10.4. The summed E-state index contributed by atoms with van der Waals surface area (Å²) in [4.78, 5) is 0. The molecule has 2 nitrogen and oxygen atoms in total. The van der Waals surface area contributed by atoms with Gasteiger partial charge in [-0.15, -0.1) is 0 Å². The van der Waals surface area contributed by atoms with Gasteiger partial charge in [0.25, 0.3) is 0 Å². The summed E-state index contributed by atoms with van der Waals surface area (Å²) >= 11 is 0. The number of piperidine rings is 1. The summed E-state index contributed by atoms with van der Waals surface area (Å²) in [5.74, 6) is 7.22. The van der Waals surface area contributed by atoms with Crippen molar-refractivity contribution in [2.45, 2.75) is 110 Å². The van der Waals surface area contributed by atoms with Crippen LogP contribution < -0.4 is 5.32 Å². The van der Waals surface area contributed by atoms with E-state index in [0.29, 0.717) is 23.5 Å². The van der Waals surface area contributed by atoms with Crippen LogP contribution in [0, 0.1) is 52.8 Å². The second-order valence-corrected chi connectivity index (χ2v) is 12.9. The van der Waals surface area contributed by atoms with Crippen molar-refractivity contribution in [2.75, 3.05) is 6.54 Å². The number of hydrogen-bond acceptors (Lipinski definition) is 2. The zero-order chi connectivity index (χ0) is 20.0. The quantitative estimate of drug-likeness (QED) is 0.535. The average molecular weight is 400 g/mol.